The van der Waals surface area contributed by atoms with E-state index in [0.29, 0.717) is 39.8 Å². The van der Waals surface area contributed by atoms with E-state index < -0.39 is 0 Å². The third kappa shape index (κ3) is 3.16. The molecule has 8 heteroatoms. The monoisotopic (exact) mass is 345 g/mol. The van der Waals surface area contributed by atoms with Crippen molar-refractivity contribution in [3.8, 4) is 6.07 Å². The fraction of sp³-hybridized carbons (Fsp3) is 0.375. The molecule has 0 aromatic carbocycles. The molecule has 24 heavy (non-hydrogen) atoms. The fourth-order valence-electron chi connectivity index (χ4n) is 2.36. The molecule has 0 aliphatic rings. The van der Waals surface area contributed by atoms with Gasteiger partial charge in [-0.3, -0.25) is 14.3 Å². The highest BCUT2D eigenvalue weighted by Crippen LogP contribution is 2.33. The normalized spacial score (nSPS) is 10.3. The first-order chi connectivity index (χ1) is 11.4. The van der Waals surface area contributed by atoms with Crippen molar-refractivity contribution >= 4 is 28.2 Å². The van der Waals surface area contributed by atoms with Gasteiger partial charge in [0.1, 0.15) is 16.8 Å². The molecule has 2 amide bonds. The molecule has 0 atom stereocenters. The van der Waals surface area contributed by atoms with Crippen LogP contribution in [0.5, 0.6) is 0 Å². The predicted molar refractivity (Wildman–Crippen MR) is 92.2 cm³/mol. The lowest BCUT2D eigenvalue weighted by Crippen LogP contribution is -2.30. The Bertz CT molecular complexity index is 811. The fourth-order valence-corrected chi connectivity index (χ4v) is 3.48. The quantitative estimate of drug-likeness (QED) is 0.901. The Labute approximate surface area is 144 Å². The van der Waals surface area contributed by atoms with Crippen molar-refractivity contribution in [1.82, 2.24) is 14.7 Å². The number of carbonyl (C=O) groups is 2. The maximum absolute atomic E-state index is 12.6. The van der Waals surface area contributed by atoms with E-state index in [1.165, 1.54) is 10.9 Å². The zero-order chi connectivity index (χ0) is 17.9. The van der Waals surface area contributed by atoms with Gasteiger partial charge in [-0.25, -0.2) is 0 Å². The van der Waals surface area contributed by atoms with E-state index in [0.717, 1.165) is 11.3 Å². The van der Waals surface area contributed by atoms with Gasteiger partial charge in [0.25, 0.3) is 11.8 Å². The molecule has 7 nitrogen and oxygen atoms in total. The van der Waals surface area contributed by atoms with E-state index in [4.69, 9.17) is 0 Å². The van der Waals surface area contributed by atoms with Crippen LogP contribution < -0.4 is 5.32 Å². The van der Waals surface area contributed by atoms with E-state index in [9.17, 15) is 14.9 Å². The molecule has 126 valence electrons. The number of aromatic nitrogens is 2. The number of hydrogen-bond acceptors (Lipinski definition) is 5. The molecule has 0 radical (unpaired) electrons. The number of nitrogens with zero attached hydrogens (tertiary/aromatic N) is 4. The van der Waals surface area contributed by atoms with Crippen molar-refractivity contribution < 1.29 is 9.59 Å². The zero-order valence-corrected chi connectivity index (χ0v) is 14.9. The second-order valence-electron chi connectivity index (χ2n) is 5.14. The molecular weight excluding hydrogens is 326 g/mol. The third-order valence-electron chi connectivity index (χ3n) is 3.78. The SMILES string of the molecule is CCN(CC)C(=O)c1sc(NC(=O)c2ccnn2C)c(C#N)c1C. The summed E-state index contributed by atoms with van der Waals surface area (Å²) < 4.78 is 1.45. The van der Waals surface area contributed by atoms with E-state index in [-0.39, 0.29) is 11.8 Å². The molecule has 0 bridgehead atoms. The minimum absolute atomic E-state index is 0.125. The highest BCUT2D eigenvalue weighted by molar-refractivity contribution is 7.18. The molecule has 0 unspecified atom stereocenters. The van der Waals surface area contributed by atoms with Crippen LogP contribution in [0.3, 0.4) is 0 Å². The summed E-state index contributed by atoms with van der Waals surface area (Å²) in [7, 11) is 1.66. The van der Waals surface area contributed by atoms with Gasteiger partial charge in [0, 0.05) is 26.3 Å². The first-order valence-corrected chi connectivity index (χ1v) is 8.38. The Hall–Kier alpha value is -2.66. The van der Waals surface area contributed by atoms with Crippen LogP contribution in [0.25, 0.3) is 0 Å². The molecule has 2 aromatic heterocycles. The van der Waals surface area contributed by atoms with Crippen molar-refractivity contribution in [2.45, 2.75) is 20.8 Å². The average molecular weight is 345 g/mol. The highest BCUT2D eigenvalue weighted by atomic mass is 32.1. The van der Waals surface area contributed by atoms with Crippen molar-refractivity contribution in [2.75, 3.05) is 18.4 Å². The molecule has 0 spiro atoms. The number of hydrogen-bond donors (Lipinski definition) is 1. The predicted octanol–water partition coefficient (Wildman–Crippen LogP) is 2.40. The molecule has 0 fully saturated rings. The summed E-state index contributed by atoms with van der Waals surface area (Å²) in [6.45, 7) is 6.71. The van der Waals surface area contributed by atoms with Crippen molar-refractivity contribution in [1.29, 1.82) is 5.26 Å². The van der Waals surface area contributed by atoms with Crippen LogP contribution in [-0.4, -0.2) is 39.6 Å². The number of anilines is 1. The molecule has 2 heterocycles. The number of amides is 2. The van der Waals surface area contributed by atoms with Crippen LogP contribution in [-0.2, 0) is 7.05 Å². The number of nitrogens with one attached hydrogen (secondary N) is 1. The van der Waals surface area contributed by atoms with Gasteiger partial charge in [-0.1, -0.05) is 0 Å². The Morgan fingerprint density at radius 3 is 2.58 bits per heavy atom. The molecule has 0 aliphatic carbocycles. The molecule has 1 N–H and O–H groups in total. The first kappa shape index (κ1) is 17.7. The largest absolute Gasteiger partial charge is 0.338 e. The summed E-state index contributed by atoms with van der Waals surface area (Å²) >= 11 is 1.13. The van der Waals surface area contributed by atoms with Gasteiger partial charge in [0.2, 0.25) is 0 Å². The van der Waals surface area contributed by atoms with Gasteiger partial charge in [-0.15, -0.1) is 11.3 Å². The van der Waals surface area contributed by atoms with Crippen LogP contribution in [0.15, 0.2) is 12.3 Å². The van der Waals surface area contributed by atoms with Crippen molar-refractivity contribution in [3.63, 3.8) is 0 Å². The maximum Gasteiger partial charge on any atom is 0.274 e. The third-order valence-corrected chi connectivity index (χ3v) is 4.98. The van der Waals surface area contributed by atoms with Crippen molar-refractivity contribution in [3.05, 3.63) is 34.0 Å². The molecule has 0 saturated carbocycles. The van der Waals surface area contributed by atoms with E-state index in [1.54, 1.807) is 24.9 Å². The Morgan fingerprint density at radius 2 is 2.08 bits per heavy atom. The van der Waals surface area contributed by atoms with Gasteiger partial charge < -0.3 is 10.2 Å². The lowest BCUT2D eigenvalue weighted by Gasteiger charge is -2.17. The second kappa shape index (κ2) is 7.27. The van der Waals surface area contributed by atoms with E-state index in [2.05, 4.69) is 16.5 Å². The number of thiophene rings is 1. The second-order valence-corrected chi connectivity index (χ2v) is 6.16. The topological polar surface area (TPSA) is 91.0 Å². The number of rotatable bonds is 5. The van der Waals surface area contributed by atoms with Crippen LogP contribution in [0.4, 0.5) is 5.00 Å². The maximum atomic E-state index is 12.6. The number of carbonyl (C=O) groups excluding carboxylic acids is 2. The summed E-state index contributed by atoms with van der Waals surface area (Å²) in [6.07, 6.45) is 1.52. The Morgan fingerprint density at radius 1 is 1.42 bits per heavy atom. The van der Waals surface area contributed by atoms with Gasteiger partial charge in [0.05, 0.1) is 10.4 Å². The molecule has 0 saturated heterocycles. The summed E-state index contributed by atoms with van der Waals surface area (Å²) in [5.74, 6) is -0.491. The molecular formula is C16H19N5O2S. The van der Waals surface area contributed by atoms with E-state index in [1.807, 2.05) is 13.8 Å². The average Bonchev–Trinajstić information content (AvgIpc) is 3.11. The number of nitriles is 1. The number of aryl methyl sites for hydroxylation is 1. The first-order valence-electron chi connectivity index (χ1n) is 7.56. The summed E-state index contributed by atoms with van der Waals surface area (Å²) in [5.41, 5.74) is 1.30. The van der Waals surface area contributed by atoms with Crippen LogP contribution in [0, 0.1) is 18.3 Å². The summed E-state index contributed by atoms with van der Waals surface area (Å²) in [5, 5.41) is 16.5. The summed E-state index contributed by atoms with van der Waals surface area (Å²) in [4.78, 5) is 27.1. The zero-order valence-electron chi connectivity index (χ0n) is 14.1. The summed E-state index contributed by atoms with van der Waals surface area (Å²) in [6, 6.07) is 3.67. The standard InChI is InChI=1S/C16H19N5O2S/c1-5-21(6-2)16(23)13-10(3)11(9-17)15(24-13)19-14(22)12-7-8-18-20(12)4/h7-8H,5-6H2,1-4H3,(H,19,22). The van der Waals surface area contributed by atoms with Crippen LogP contribution in [0.1, 0.15) is 45.1 Å². The minimum atomic E-state index is -0.366. The van der Waals surface area contributed by atoms with E-state index >= 15 is 0 Å². The van der Waals surface area contributed by atoms with Gasteiger partial charge in [0.15, 0.2) is 0 Å². The van der Waals surface area contributed by atoms with Gasteiger partial charge in [-0.2, -0.15) is 10.4 Å². The minimum Gasteiger partial charge on any atom is -0.338 e. The van der Waals surface area contributed by atoms with Gasteiger partial charge >= 0.3 is 0 Å². The molecule has 2 rings (SSSR count). The van der Waals surface area contributed by atoms with Crippen LogP contribution in [0.2, 0.25) is 0 Å². The van der Waals surface area contributed by atoms with Crippen LogP contribution >= 0.6 is 11.3 Å². The highest BCUT2D eigenvalue weighted by Gasteiger charge is 2.24. The lowest BCUT2D eigenvalue weighted by molar-refractivity contribution is 0.0777. The Balaban J connectivity index is 2.37. The van der Waals surface area contributed by atoms with Crippen molar-refractivity contribution in [2.24, 2.45) is 7.05 Å². The molecule has 2 aromatic rings. The van der Waals surface area contributed by atoms with Gasteiger partial charge in [-0.05, 0) is 32.4 Å². The molecule has 0 aliphatic heterocycles. The smallest absolute Gasteiger partial charge is 0.274 e. The Kier molecular flexibility index (Phi) is 5.36. The lowest BCUT2D eigenvalue weighted by atomic mass is 10.1.